The molecule has 1 N–H and O–H groups in total. The minimum absolute atomic E-state index is 0.306. The number of hydrogen-bond donors (Lipinski definition) is 1. The van der Waals surface area contributed by atoms with E-state index >= 15 is 0 Å². The molecule has 1 aliphatic rings. The van der Waals surface area contributed by atoms with Gasteiger partial charge < -0.3 is 14.8 Å². The van der Waals surface area contributed by atoms with Crippen molar-refractivity contribution >= 4 is 11.3 Å². The van der Waals surface area contributed by atoms with Crippen LogP contribution in [0.15, 0.2) is 29.9 Å². The first-order chi connectivity index (χ1) is 9.36. The molecule has 100 valence electrons. The lowest BCUT2D eigenvalue weighted by atomic mass is 10.00. The SMILES string of the molecule is COc1ccc2c(c1)C(NCc1cncs1)CCO2. The number of benzene rings is 1. The van der Waals surface area contributed by atoms with E-state index in [1.807, 2.05) is 23.8 Å². The van der Waals surface area contributed by atoms with Crippen molar-refractivity contribution < 1.29 is 9.47 Å². The zero-order valence-electron chi connectivity index (χ0n) is 10.8. The second-order valence-electron chi connectivity index (χ2n) is 4.44. The van der Waals surface area contributed by atoms with Crippen LogP contribution in [0.3, 0.4) is 0 Å². The van der Waals surface area contributed by atoms with Crippen molar-refractivity contribution in [1.29, 1.82) is 0 Å². The third kappa shape index (κ3) is 2.72. The van der Waals surface area contributed by atoms with Crippen LogP contribution in [-0.4, -0.2) is 18.7 Å². The number of methoxy groups -OCH3 is 1. The Bertz CT molecular complexity index is 542. The Kier molecular flexibility index (Phi) is 3.66. The quantitative estimate of drug-likeness (QED) is 0.932. The standard InChI is InChI=1S/C14H16N2O2S/c1-17-10-2-3-14-12(6-10)13(4-5-18-14)16-8-11-7-15-9-19-11/h2-3,6-7,9,13,16H,4-5,8H2,1H3. The molecular weight excluding hydrogens is 260 g/mol. The topological polar surface area (TPSA) is 43.4 Å². The van der Waals surface area contributed by atoms with Crippen molar-refractivity contribution in [3.05, 3.63) is 40.3 Å². The van der Waals surface area contributed by atoms with Crippen LogP contribution in [0, 0.1) is 0 Å². The molecule has 4 nitrogen and oxygen atoms in total. The number of aromatic nitrogens is 1. The van der Waals surface area contributed by atoms with E-state index in [1.165, 1.54) is 10.4 Å². The van der Waals surface area contributed by atoms with Gasteiger partial charge in [-0.25, -0.2) is 0 Å². The molecule has 0 bridgehead atoms. The van der Waals surface area contributed by atoms with E-state index < -0.39 is 0 Å². The number of nitrogens with zero attached hydrogens (tertiary/aromatic N) is 1. The Balaban J connectivity index is 1.77. The van der Waals surface area contributed by atoms with Crippen LogP contribution < -0.4 is 14.8 Å². The molecular formula is C14H16N2O2S. The molecule has 19 heavy (non-hydrogen) atoms. The van der Waals surface area contributed by atoms with Gasteiger partial charge in [0, 0.05) is 35.6 Å². The molecule has 5 heteroatoms. The molecule has 1 unspecified atom stereocenters. The van der Waals surface area contributed by atoms with Gasteiger partial charge in [-0.3, -0.25) is 4.98 Å². The van der Waals surface area contributed by atoms with Gasteiger partial charge in [0.25, 0.3) is 0 Å². The van der Waals surface area contributed by atoms with Gasteiger partial charge in [0.2, 0.25) is 0 Å². The minimum atomic E-state index is 0.306. The summed E-state index contributed by atoms with van der Waals surface area (Å²) >= 11 is 1.67. The fourth-order valence-corrected chi connectivity index (χ4v) is 2.81. The average Bonchev–Trinajstić information content (AvgIpc) is 2.97. The molecule has 1 atom stereocenters. The summed E-state index contributed by atoms with van der Waals surface area (Å²) in [5.41, 5.74) is 3.04. The number of hydrogen-bond acceptors (Lipinski definition) is 5. The largest absolute Gasteiger partial charge is 0.497 e. The zero-order chi connectivity index (χ0) is 13.1. The maximum atomic E-state index is 5.68. The van der Waals surface area contributed by atoms with Crippen molar-refractivity contribution in [2.75, 3.05) is 13.7 Å². The summed E-state index contributed by atoms with van der Waals surface area (Å²) in [6.45, 7) is 1.59. The highest BCUT2D eigenvalue weighted by atomic mass is 32.1. The maximum Gasteiger partial charge on any atom is 0.124 e. The molecule has 0 spiro atoms. The summed E-state index contributed by atoms with van der Waals surface area (Å²) in [6.07, 6.45) is 2.88. The molecule has 0 radical (unpaired) electrons. The number of ether oxygens (including phenoxy) is 2. The maximum absolute atomic E-state index is 5.68. The van der Waals surface area contributed by atoms with Gasteiger partial charge in [0.05, 0.1) is 19.2 Å². The lowest BCUT2D eigenvalue weighted by Gasteiger charge is -2.27. The smallest absolute Gasteiger partial charge is 0.124 e. The molecule has 3 rings (SSSR count). The van der Waals surface area contributed by atoms with E-state index in [4.69, 9.17) is 9.47 Å². The van der Waals surface area contributed by atoms with Crippen LogP contribution in [0.5, 0.6) is 11.5 Å². The predicted octanol–water partition coefficient (Wildman–Crippen LogP) is 2.77. The highest BCUT2D eigenvalue weighted by molar-refractivity contribution is 7.09. The lowest BCUT2D eigenvalue weighted by Crippen LogP contribution is -2.26. The Morgan fingerprint density at radius 2 is 2.47 bits per heavy atom. The Morgan fingerprint density at radius 1 is 1.53 bits per heavy atom. The minimum Gasteiger partial charge on any atom is -0.497 e. The summed E-state index contributed by atoms with van der Waals surface area (Å²) in [6, 6.07) is 6.28. The third-order valence-electron chi connectivity index (χ3n) is 3.26. The summed E-state index contributed by atoms with van der Waals surface area (Å²) in [4.78, 5) is 5.34. The summed E-state index contributed by atoms with van der Waals surface area (Å²) < 4.78 is 11.0. The van der Waals surface area contributed by atoms with Crippen molar-refractivity contribution in [2.24, 2.45) is 0 Å². The Hall–Kier alpha value is -1.59. The number of fused-ring (bicyclic) bond motifs is 1. The second-order valence-corrected chi connectivity index (χ2v) is 5.41. The van der Waals surface area contributed by atoms with Crippen molar-refractivity contribution in [2.45, 2.75) is 19.0 Å². The number of rotatable bonds is 4. The van der Waals surface area contributed by atoms with Gasteiger partial charge in [-0.05, 0) is 18.2 Å². The molecule has 2 heterocycles. The molecule has 1 aliphatic heterocycles. The molecule has 0 amide bonds. The lowest BCUT2D eigenvalue weighted by molar-refractivity contribution is 0.251. The predicted molar refractivity (Wildman–Crippen MR) is 74.8 cm³/mol. The van der Waals surface area contributed by atoms with Gasteiger partial charge in [0.1, 0.15) is 11.5 Å². The van der Waals surface area contributed by atoms with Crippen molar-refractivity contribution in [3.8, 4) is 11.5 Å². The van der Waals surface area contributed by atoms with Crippen molar-refractivity contribution in [3.63, 3.8) is 0 Å². The van der Waals surface area contributed by atoms with Crippen molar-refractivity contribution in [1.82, 2.24) is 10.3 Å². The molecule has 2 aromatic rings. The molecule has 0 aliphatic carbocycles. The van der Waals surface area contributed by atoms with Gasteiger partial charge in [-0.15, -0.1) is 11.3 Å². The van der Waals surface area contributed by atoms with E-state index in [9.17, 15) is 0 Å². The number of thiazole rings is 1. The van der Waals surface area contributed by atoms with Crippen LogP contribution >= 0.6 is 11.3 Å². The van der Waals surface area contributed by atoms with Gasteiger partial charge in [-0.1, -0.05) is 0 Å². The van der Waals surface area contributed by atoms with Gasteiger partial charge in [-0.2, -0.15) is 0 Å². The number of nitrogens with one attached hydrogen (secondary N) is 1. The molecule has 1 aromatic carbocycles. The first-order valence-electron chi connectivity index (χ1n) is 6.28. The van der Waals surface area contributed by atoms with Gasteiger partial charge in [0.15, 0.2) is 0 Å². The highest BCUT2D eigenvalue weighted by Crippen LogP contribution is 2.34. The van der Waals surface area contributed by atoms with E-state index in [0.717, 1.165) is 31.1 Å². The third-order valence-corrected chi connectivity index (χ3v) is 4.04. The fraction of sp³-hybridized carbons (Fsp3) is 0.357. The van der Waals surface area contributed by atoms with Gasteiger partial charge >= 0.3 is 0 Å². The van der Waals surface area contributed by atoms with E-state index in [0.29, 0.717) is 6.04 Å². The molecule has 0 saturated carbocycles. The van der Waals surface area contributed by atoms with Crippen LogP contribution in [-0.2, 0) is 6.54 Å². The molecule has 0 fully saturated rings. The van der Waals surface area contributed by atoms with Crippen LogP contribution in [0.2, 0.25) is 0 Å². The van der Waals surface area contributed by atoms with E-state index in [-0.39, 0.29) is 0 Å². The molecule has 0 saturated heterocycles. The second kappa shape index (κ2) is 5.59. The van der Waals surface area contributed by atoms with Crippen LogP contribution in [0.1, 0.15) is 22.9 Å². The first kappa shape index (κ1) is 12.4. The normalized spacial score (nSPS) is 17.6. The van der Waals surface area contributed by atoms with Crippen LogP contribution in [0.25, 0.3) is 0 Å². The summed E-state index contributed by atoms with van der Waals surface area (Å²) in [7, 11) is 1.69. The van der Waals surface area contributed by atoms with E-state index in [2.05, 4.69) is 16.4 Å². The summed E-state index contributed by atoms with van der Waals surface area (Å²) in [5.74, 6) is 1.82. The first-order valence-corrected chi connectivity index (χ1v) is 7.16. The molecule has 1 aromatic heterocycles. The summed E-state index contributed by atoms with van der Waals surface area (Å²) in [5, 5.41) is 3.57. The Labute approximate surface area is 116 Å². The average molecular weight is 276 g/mol. The van der Waals surface area contributed by atoms with E-state index in [1.54, 1.807) is 18.4 Å². The zero-order valence-corrected chi connectivity index (χ0v) is 11.6. The fourth-order valence-electron chi connectivity index (χ4n) is 2.26. The highest BCUT2D eigenvalue weighted by Gasteiger charge is 2.21. The monoisotopic (exact) mass is 276 g/mol. The van der Waals surface area contributed by atoms with Crippen LogP contribution in [0.4, 0.5) is 0 Å². The Morgan fingerprint density at radius 3 is 3.26 bits per heavy atom.